The molecule has 0 spiro atoms. The fraction of sp³-hybridized carbons (Fsp3) is 0.222. The first-order valence-corrected chi connectivity index (χ1v) is 12.7. The summed E-state index contributed by atoms with van der Waals surface area (Å²) in [6.45, 7) is 1.84. The van der Waals surface area contributed by atoms with Gasteiger partial charge in [0.05, 0.1) is 18.1 Å². The summed E-state index contributed by atoms with van der Waals surface area (Å²) in [6, 6.07) is 19.0. The Morgan fingerprint density at radius 3 is 2.56 bits per heavy atom. The Balaban J connectivity index is 1.42. The van der Waals surface area contributed by atoms with Gasteiger partial charge in [-0.05, 0) is 52.4 Å². The highest BCUT2D eigenvalue weighted by Crippen LogP contribution is 2.37. The van der Waals surface area contributed by atoms with Crippen molar-refractivity contribution in [3.63, 3.8) is 0 Å². The number of rotatable bonds is 6. The Hall–Kier alpha value is -3.33. The van der Waals surface area contributed by atoms with Crippen molar-refractivity contribution in [2.24, 2.45) is 0 Å². The molecular formula is C27H23ClN2O5S. The maximum atomic E-state index is 13.2. The van der Waals surface area contributed by atoms with E-state index in [9.17, 15) is 14.4 Å². The lowest BCUT2D eigenvalue weighted by atomic mass is 10.0. The van der Waals surface area contributed by atoms with E-state index < -0.39 is 11.1 Å². The second kappa shape index (κ2) is 10.7. The van der Waals surface area contributed by atoms with Gasteiger partial charge in [0.2, 0.25) is 5.91 Å². The van der Waals surface area contributed by atoms with Gasteiger partial charge in [0.25, 0.3) is 11.1 Å². The molecule has 0 bridgehead atoms. The molecule has 0 atom stereocenters. The van der Waals surface area contributed by atoms with E-state index in [0.29, 0.717) is 49.2 Å². The predicted octanol–water partition coefficient (Wildman–Crippen LogP) is 4.97. The van der Waals surface area contributed by atoms with E-state index in [1.54, 1.807) is 23.1 Å². The van der Waals surface area contributed by atoms with Crippen molar-refractivity contribution in [3.05, 3.63) is 81.7 Å². The van der Waals surface area contributed by atoms with Crippen molar-refractivity contribution in [2.75, 3.05) is 32.8 Å². The Morgan fingerprint density at radius 1 is 1.03 bits per heavy atom. The first-order chi connectivity index (χ1) is 17.5. The Kier molecular flexibility index (Phi) is 7.27. The molecule has 7 nitrogen and oxygen atoms in total. The van der Waals surface area contributed by atoms with Crippen LogP contribution < -0.4 is 4.74 Å². The fourth-order valence-corrected chi connectivity index (χ4v) is 5.05. The summed E-state index contributed by atoms with van der Waals surface area (Å²) in [7, 11) is 0. The molecule has 2 saturated heterocycles. The molecule has 0 saturated carbocycles. The number of fused-ring (bicyclic) bond motifs is 1. The van der Waals surface area contributed by atoms with E-state index in [-0.39, 0.29) is 17.4 Å². The van der Waals surface area contributed by atoms with Crippen molar-refractivity contribution in [2.45, 2.75) is 6.61 Å². The quantitative estimate of drug-likeness (QED) is 0.426. The smallest absolute Gasteiger partial charge is 0.294 e. The first-order valence-electron chi connectivity index (χ1n) is 11.5. The molecule has 0 aliphatic carbocycles. The van der Waals surface area contributed by atoms with Crippen LogP contribution in [0.4, 0.5) is 4.79 Å². The van der Waals surface area contributed by atoms with Gasteiger partial charge >= 0.3 is 0 Å². The van der Waals surface area contributed by atoms with E-state index in [0.717, 1.165) is 33.0 Å². The molecule has 3 amide bonds. The van der Waals surface area contributed by atoms with Gasteiger partial charge in [-0.25, -0.2) is 0 Å². The van der Waals surface area contributed by atoms with Crippen LogP contribution in [0.1, 0.15) is 11.1 Å². The lowest BCUT2D eigenvalue weighted by Gasteiger charge is -2.28. The monoisotopic (exact) mass is 522 g/mol. The van der Waals surface area contributed by atoms with E-state index in [2.05, 4.69) is 0 Å². The van der Waals surface area contributed by atoms with Crippen LogP contribution in [0.25, 0.3) is 16.8 Å². The third-order valence-corrected chi connectivity index (χ3v) is 7.20. The van der Waals surface area contributed by atoms with Crippen LogP contribution >= 0.6 is 23.4 Å². The highest BCUT2D eigenvalue weighted by atomic mass is 35.5. The number of morpholine rings is 1. The van der Waals surface area contributed by atoms with Crippen molar-refractivity contribution in [1.29, 1.82) is 0 Å². The SMILES string of the molecule is O=C(CN1C(=O)S/C(=C/c2c(OCc3ccc(Cl)cc3)ccc3ccccc23)C1=O)N1CCOCC1. The topological polar surface area (TPSA) is 76.2 Å². The standard InChI is InChI=1S/C27H23ClN2O5S/c28-20-8-5-18(6-9-20)17-35-23-10-7-19-3-1-2-4-21(19)22(23)15-24-26(32)30(27(33)36-24)16-25(31)29-11-13-34-14-12-29/h1-10,15H,11-14,16-17H2/b24-15+. The predicted molar refractivity (Wildman–Crippen MR) is 140 cm³/mol. The van der Waals surface area contributed by atoms with Gasteiger partial charge in [-0.3, -0.25) is 19.3 Å². The van der Waals surface area contributed by atoms with Gasteiger partial charge in [-0.15, -0.1) is 0 Å². The average molecular weight is 523 g/mol. The van der Waals surface area contributed by atoms with E-state index in [1.165, 1.54) is 0 Å². The molecule has 36 heavy (non-hydrogen) atoms. The summed E-state index contributed by atoms with van der Waals surface area (Å²) in [6.07, 6.45) is 1.68. The Morgan fingerprint density at radius 2 is 1.78 bits per heavy atom. The number of ether oxygens (including phenoxy) is 2. The lowest BCUT2D eigenvalue weighted by molar-refractivity contribution is -0.139. The van der Waals surface area contributed by atoms with Gasteiger partial charge in [-0.1, -0.05) is 54.1 Å². The number of halogens is 1. The van der Waals surface area contributed by atoms with Gasteiger partial charge < -0.3 is 14.4 Å². The maximum absolute atomic E-state index is 13.2. The molecule has 0 aromatic heterocycles. The summed E-state index contributed by atoms with van der Waals surface area (Å²) in [5.74, 6) is -0.165. The zero-order valence-corrected chi connectivity index (χ0v) is 20.9. The van der Waals surface area contributed by atoms with Crippen molar-refractivity contribution in [1.82, 2.24) is 9.80 Å². The molecule has 3 aromatic rings. The molecule has 9 heteroatoms. The van der Waals surface area contributed by atoms with Gasteiger partial charge in [0, 0.05) is 23.7 Å². The van der Waals surface area contributed by atoms with E-state index in [4.69, 9.17) is 21.1 Å². The number of carbonyl (C=O) groups excluding carboxylic acids is 3. The number of carbonyl (C=O) groups is 3. The van der Waals surface area contributed by atoms with E-state index in [1.807, 2.05) is 48.5 Å². The minimum absolute atomic E-state index is 0.252. The lowest BCUT2D eigenvalue weighted by Crippen LogP contribution is -2.46. The third kappa shape index (κ3) is 5.26. The molecule has 2 fully saturated rings. The summed E-state index contributed by atoms with van der Waals surface area (Å²) in [5.41, 5.74) is 1.65. The summed E-state index contributed by atoms with van der Waals surface area (Å²) in [4.78, 5) is 41.4. The fourth-order valence-electron chi connectivity index (χ4n) is 4.11. The second-order valence-corrected chi connectivity index (χ2v) is 9.80. The zero-order valence-electron chi connectivity index (χ0n) is 19.3. The molecular weight excluding hydrogens is 500 g/mol. The third-order valence-electron chi connectivity index (χ3n) is 6.04. The molecule has 0 radical (unpaired) electrons. The molecule has 184 valence electrons. The summed E-state index contributed by atoms with van der Waals surface area (Å²) in [5, 5.41) is 2.05. The van der Waals surface area contributed by atoms with Crippen LogP contribution in [-0.2, 0) is 20.9 Å². The summed E-state index contributed by atoms with van der Waals surface area (Å²) < 4.78 is 11.4. The molecule has 0 unspecified atom stereocenters. The average Bonchev–Trinajstić information content (AvgIpc) is 3.17. The molecule has 3 aromatic carbocycles. The van der Waals surface area contributed by atoms with Crippen LogP contribution in [0.5, 0.6) is 5.75 Å². The number of benzene rings is 3. The van der Waals surface area contributed by atoms with Crippen molar-refractivity contribution < 1.29 is 23.9 Å². The van der Waals surface area contributed by atoms with Crippen LogP contribution in [0.2, 0.25) is 5.02 Å². The first kappa shape index (κ1) is 24.4. The largest absolute Gasteiger partial charge is 0.488 e. The van der Waals surface area contributed by atoms with Crippen LogP contribution in [0.15, 0.2) is 65.6 Å². The number of imide groups is 1. The number of thioether (sulfide) groups is 1. The van der Waals surface area contributed by atoms with Crippen LogP contribution in [-0.4, -0.2) is 59.7 Å². The highest BCUT2D eigenvalue weighted by molar-refractivity contribution is 8.18. The number of nitrogens with zero attached hydrogens (tertiary/aromatic N) is 2. The van der Waals surface area contributed by atoms with Gasteiger partial charge in [-0.2, -0.15) is 0 Å². The van der Waals surface area contributed by atoms with Crippen molar-refractivity contribution in [3.8, 4) is 5.75 Å². The van der Waals surface area contributed by atoms with Gasteiger partial charge in [0.1, 0.15) is 18.9 Å². The minimum Gasteiger partial charge on any atom is -0.488 e. The van der Waals surface area contributed by atoms with Gasteiger partial charge in [0.15, 0.2) is 0 Å². The normalized spacial score (nSPS) is 17.3. The second-order valence-electron chi connectivity index (χ2n) is 8.37. The molecule has 0 N–H and O–H groups in total. The number of hydrogen-bond acceptors (Lipinski definition) is 6. The molecule has 5 rings (SSSR count). The van der Waals surface area contributed by atoms with Crippen LogP contribution in [0, 0.1) is 0 Å². The zero-order chi connectivity index (χ0) is 25.1. The number of amides is 3. The Bertz CT molecular complexity index is 1350. The maximum Gasteiger partial charge on any atom is 0.294 e. The molecule has 2 aliphatic heterocycles. The number of hydrogen-bond donors (Lipinski definition) is 0. The Labute approximate surface area is 217 Å². The van der Waals surface area contributed by atoms with Crippen LogP contribution in [0.3, 0.4) is 0 Å². The van der Waals surface area contributed by atoms with Crippen molar-refractivity contribution >= 4 is 57.3 Å². The molecule has 2 heterocycles. The molecule has 2 aliphatic rings. The summed E-state index contributed by atoms with van der Waals surface area (Å²) >= 11 is 6.82. The highest BCUT2D eigenvalue weighted by Gasteiger charge is 2.37. The minimum atomic E-state index is -0.483. The van der Waals surface area contributed by atoms with E-state index >= 15 is 0 Å².